The van der Waals surface area contributed by atoms with Crippen molar-refractivity contribution in [2.45, 2.75) is 51.7 Å². The molecular formula is C12H26N2O. The molecular weight excluding hydrogens is 188 g/mol. The number of likely N-dealkylation sites (N-methyl/N-ethyl adjacent to an activating group) is 1. The molecule has 1 fully saturated rings. The van der Waals surface area contributed by atoms with Crippen molar-refractivity contribution < 1.29 is 4.74 Å². The first-order valence-electron chi connectivity index (χ1n) is 6.07. The van der Waals surface area contributed by atoms with Crippen LogP contribution in [0.15, 0.2) is 0 Å². The highest BCUT2D eigenvalue weighted by molar-refractivity contribution is 4.85. The molecule has 0 spiro atoms. The minimum atomic E-state index is 0.276. The number of hydrogen-bond acceptors (Lipinski definition) is 3. The fourth-order valence-corrected chi connectivity index (χ4v) is 2.33. The van der Waals surface area contributed by atoms with Gasteiger partial charge >= 0.3 is 0 Å². The van der Waals surface area contributed by atoms with Gasteiger partial charge in [0.2, 0.25) is 0 Å². The average molecular weight is 214 g/mol. The summed E-state index contributed by atoms with van der Waals surface area (Å²) < 4.78 is 5.51. The normalized spacial score (nSPS) is 29.8. The Bertz CT molecular complexity index is 184. The zero-order valence-corrected chi connectivity index (χ0v) is 10.6. The highest BCUT2D eigenvalue weighted by Crippen LogP contribution is 2.17. The molecule has 1 aliphatic heterocycles. The van der Waals surface area contributed by atoms with E-state index in [1.165, 1.54) is 6.42 Å². The van der Waals surface area contributed by atoms with E-state index < -0.39 is 0 Å². The zero-order valence-electron chi connectivity index (χ0n) is 10.6. The summed E-state index contributed by atoms with van der Waals surface area (Å²) in [4.78, 5) is 2.39. The Morgan fingerprint density at radius 2 is 2.07 bits per heavy atom. The van der Waals surface area contributed by atoms with Crippen LogP contribution in [0, 0.1) is 5.92 Å². The van der Waals surface area contributed by atoms with E-state index in [0.717, 1.165) is 25.6 Å². The van der Waals surface area contributed by atoms with Gasteiger partial charge in [-0.05, 0) is 32.7 Å². The van der Waals surface area contributed by atoms with Gasteiger partial charge in [0, 0.05) is 24.7 Å². The Balaban J connectivity index is 2.46. The predicted molar refractivity (Wildman–Crippen MR) is 63.9 cm³/mol. The molecule has 2 N–H and O–H groups in total. The number of hydrogen-bond donors (Lipinski definition) is 1. The molecule has 0 aliphatic carbocycles. The summed E-state index contributed by atoms with van der Waals surface area (Å²) in [6.45, 7) is 8.43. The zero-order chi connectivity index (χ0) is 11.4. The maximum atomic E-state index is 6.13. The van der Waals surface area contributed by atoms with Crippen LogP contribution in [0.1, 0.15) is 33.6 Å². The number of nitrogens with two attached hydrogens (primary N) is 1. The molecule has 0 radical (unpaired) electrons. The molecule has 1 heterocycles. The summed E-state index contributed by atoms with van der Waals surface area (Å²) >= 11 is 0. The van der Waals surface area contributed by atoms with Crippen molar-refractivity contribution in [3.8, 4) is 0 Å². The van der Waals surface area contributed by atoms with Gasteiger partial charge in [-0.1, -0.05) is 13.8 Å². The van der Waals surface area contributed by atoms with Crippen LogP contribution in [0.3, 0.4) is 0 Å². The van der Waals surface area contributed by atoms with Crippen molar-refractivity contribution >= 4 is 0 Å². The van der Waals surface area contributed by atoms with E-state index in [1.54, 1.807) is 0 Å². The molecule has 90 valence electrons. The van der Waals surface area contributed by atoms with Crippen molar-refractivity contribution in [3.63, 3.8) is 0 Å². The van der Waals surface area contributed by atoms with Crippen LogP contribution >= 0.6 is 0 Å². The molecule has 0 aromatic rings. The minimum Gasteiger partial charge on any atom is -0.380 e. The SMILES string of the molecule is CC(C)CC(C)N(C)C1COCCC1N. The molecule has 3 atom stereocenters. The average Bonchev–Trinajstić information content (AvgIpc) is 2.16. The number of ether oxygens (including phenoxy) is 1. The van der Waals surface area contributed by atoms with Crippen molar-refractivity contribution in [2.75, 3.05) is 20.3 Å². The van der Waals surface area contributed by atoms with Gasteiger partial charge < -0.3 is 10.5 Å². The Labute approximate surface area is 94.0 Å². The van der Waals surface area contributed by atoms with Gasteiger partial charge in [0.05, 0.1) is 6.61 Å². The van der Waals surface area contributed by atoms with Crippen molar-refractivity contribution in [1.82, 2.24) is 4.90 Å². The van der Waals surface area contributed by atoms with E-state index in [-0.39, 0.29) is 6.04 Å². The first-order chi connectivity index (χ1) is 7.02. The van der Waals surface area contributed by atoms with Crippen LogP contribution in [-0.4, -0.2) is 43.3 Å². The van der Waals surface area contributed by atoms with Crippen LogP contribution in [-0.2, 0) is 4.74 Å². The van der Waals surface area contributed by atoms with Crippen molar-refractivity contribution in [1.29, 1.82) is 0 Å². The molecule has 1 saturated heterocycles. The third-order valence-electron chi connectivity index (χ3n) is 3.41. The molecule has 3 heteroatoms. The molecule has 0 saturated carbocycles. The monoisotopic (exact) mass is 214 g/mol. The molecule has 1 aliphatic rings. The summed E-state index contributed by atoms with van der Waals surface area (Å²) in [5, 5.41) is 0. The Morgan fingerprint density at radius 1 is 1.40 bits per heavy atom. The number of nitrogens with zero attached hydrogens (tertiary/aromatic N) is 1. The van der Waals surface area contributed by atoms with Gasteiger partial charge in [0.15, 0.2) is 0 Å². The van der Waals surface area contributed by atoms with Gasteiger partial charge in [-0.3, -0.25) is 4.90 Å². The Hall–Kier alpha value is -0.120. The maximum absolute atomic E-state index is 6.13. The molecule has 0 aromatic heterocycles. The third kappa shape index (κ3) is 3.74. The summed E-state index contributed by atoms with van der Waals surface area (Å²) in [6, 6.07) is 1.26. The van der Waals surface area contributed by atoms with Crippen LogP contribution in [0.2, 0.25) is 0 Å². The van der Waals surface area contributed by atoms with E-state index in [9.17, 15) is 0 Å². The second-order valence-corrected chi connectivity index (χ2v) is 5.24. The fraction of sp³-hybridized carbons (Fsp3) is 1.00. The first-order valence-corrected chi connectivity index (χ1v) is 6.07. The van der Waals surface area contributed by atoms with E-state index in [1.807, 2.05) is 0 Å². The van der Waals surface area contributed by atoms with Crippen LogP contribution < -0.4 is 5.73 Å². The molecule has 0 amide bonds. The lowest BCUT2D eigenvalue weighted by molar-refractivity contribution is 0.0000444. The number of rotatable bonds is 4. The van der Waals surface area contributed by atoms with Gasteiger partial charge in [-0.2, -0.15) is 0 Å². The maximum Gasteiger partial charge on any atom is 0.0636 e. The van der Waals surface area contributed by atoms with E-state index in [2.05, 4.69) is 32.7 Å². The fourth-order valence-electron chi connectivity index (χ4n) is 2.33. The smallest absolute Gasteiger partial charge is 0.0636 e. The van der Waals surface area contributed by atoms with Gasteiger partial charge in [-0.25, -0.2) is 0 Å². The van der Waals surface area contributed by atoms with Crippen LogP contribution in [0.4, 0.5) is 0 Å². The molecule has 1 rings (SSSR count). The molecule has 3 unspecified atom stereocenters. The summed E-state index contributed by atoms with van der Waals surface area (Å²) in [7, 11) is 2.17. The van der Waals surface area contributed by atoms with Crippen LogP contribution in [0.25, 0.3) is 0 Å². The van der Waals surface area contributed by atoms with E-state index >= 15 is 0 Å². The topological polar surface area (TPSA) is 38.5 Å². The molecule has 0 bridgehead atoms. The van der Waals surface area contributed by atoms with Crippen molar-refractivity contribution in [3.05, 3.63) is 0 Å². The third-order valence-corrected chi connectivity index (χ3v) is 3.41. The molecule has 15 heavy (non-hydrogen) atoms. The second kappa shape index (κ2) is 5.83. The van der Waals surface area contributed by atoms with E-state index in [4.69, 9.17) is 10.5 Å². The highest BCUT2D eigenvalue weighted by atomic mass is 16.5. The Morgan fingerprint density at radius 3 is 2.60 bits per heavy atom. The van der Waals surface area contributed by atoms with Gasteiger partial charge in [0.1, 0.15) is 0 Å². The Kier molecular flexibility index (Phi) is 5.03. The molecule has 0 aromatic carbocycles. The lowest BCUT2D eigenvalue weighted by atomic mass is 9.98. The lowest BCUT2D eigenvalue weighted by Crippen LogP contribution is -2.54. The van der Waals surface area contributed by atoms with Gasteiger partial charge in [0.25, 0.3) is 0 Å². The highest BCUT2D eigenvalue weighted by Gasteiger charge is 2.28. The first kappa shape index (κ1) is 12.9. The standard InChI is InChI=1S/C12H26N2O/c1-9(2)7-10(3)14(4)12-8-15-6-5-11(12)13/h9-12H,5-8,13H2,1-4H3. The summed E-state index contributed by atoms with van der Waals surface area (Å²) in [6.07, 6.45) is 2.21. The predicted octanol–water partition coefficient (Wildman–Crippen LogP) is 1.47. The van der Waals surface area contributed by atoms with Gasteiger partial charge in [-0.15, -0.1) is 0 Å². The van der Waals surface area contributed by atoms with Crippen molar-refractivity contribution in [2.24, 2.45) is 11.7 Å². The second-order valence-electron chi connectivity index (χ2n) is 5.24. The van der Waals surface area contributed by atoms with Crippen LogP contribution in [0.5, 0.6) is 0 Å². The largest absolute Gasteiger partial charge is 0.380 e. The summed E-state index contributed by atoms with van der Waals surface area (Å²) in [5.41, 5.74) is 6.13. The van der Waals surface area contributed by atoms with E-state index in [0.29, 0.717) is 12.1 Å². The quantitative estimate of drug-likeness (QED) is 0.770. The minimum absolute atomic E-state index is 0.276. The lowest BCUT2D eigenvalue weighted by Gasteiger charge is -2.39. The summed E-state index contributed by atoms with van der Waals surface area (Å²) in [5.74, 6) is 0.739. The molecule has 3 nitrogen and oxygen atoms in total.